The van der Waals surface area contributed by atoms with Gasteiger partial charge in [0.1, 0.15) is 6.54 Å². The fourth-order valence-corrected chi connectivity index (χ4v) is 2.30. The molecule has 0 saturated heterocycles. The number of rotatable bonds is 6. The van der Waals surface area contributed by atoms with Gasteiger partial charge in [0.05, 0.1) is 5.52 Å². The van der Waals surface area contributed by atoms with E-state index >= 15 is 0 Å². The van der Waals surface area contributed by atoms with Gasteiger partial charge in [-0.15, -0.1) is 4.28 Å². The highest BCUT2D eigenvalue weighted by molar-refractivity contribution is 7.67. The second-order valence-electron chi connectivity index (χ2n) is 4.66. The number of carbonyl (C=O) groups is 2. The van der Waals surface area contributed by atoms with E-state index in [1.54, 1.807) is 35.8 Å². The molecule has 1 heterocycles. The van der Waals surface area contributed by atoms with Gasteiger partial charge >= 0.3 is 5.97 Å². The van der Waals surface area contributed by atoms with E-state index in [-0.39, 0.29) is 18.9 Å². The molecule has 2 aromatic rings. The molecular formula is C14H16N2O6S. The monoisotopic (exact) mass is 340 g/mol. The standard InChI is InChI=1S/C14H16N2O6S/c1-3-14(18)21-12-8-16(11-7-5-4-6-10(11)12)9-13(17)15(2)22-23(19)20/h4-8,23H,3,9H2,1-2H3. The smallest absolute Gasteiger partial charge is 0.310 e. The summed E-state index contributed by atoms with van der Waals surface area (Å²) in [6.45, 7) is 1.52. The lowest BCUT2D eigenvalue weighted by atomic mass is 10.2. The van der Waals surface area contributed by atoms with Crippen molar-refractivity contribution >= 4 is 33.8 Å². The van der Waals surface area contributed by atoms with Crippen LogP contribution in [0.25, 0.3) is 10.9 Å². The summed E-state index contributed by atoms with van der Waals surface area (Å²) in [5, 5.41) is 1.32. The SMILES string of the molecule is CCC(=O)Oc1cn(CC(=O)N(C)O[SH](=O)=O)c2ccccc12. The van der Waals surface area contributed by atoms with Crippen molar-refractivity contribution in [2.75, 3.05) is 7.05 Å². The summed E-state index contributed by atoms with van der Waals surface area (Å²) in [5.74, 6) is -0.611. The number of amides is 1. The predicted molar refractivity (Wildman–Crippen MR) is 82.0 cm³/mol. The van der Waals surface area contributed by atoms with Crippen LogP contribution >= 0.6 is 0 Å². The Hall–Kier alpha value is -2.39. The summed E-state index contributed by atoms with van der Waals surface area (Å²) < 4.78 is 32.1. The van der Waals surface area contributed by atoms with Crippen molar-refractivity contribution in [3.05, 3.63) is 30.5 Å². The van der Waals surface area contributed by atoms with Crippen LogP contribution in [0.2, 0.25) is 0 Å². The van der Waals surface area contributed by atoms with Gasteiger partial charge in [0.25, 0.3) is 16.9 Å². The maximum absolute atomic E-state index is 12.0. The molecule has 2 rings (SSSR count). The summed E-state index contributed by atoms with van der Waals surface area (Å²) in [6.07, 6.45) is 1.76. The first-order valence-electron chi connectivity index (χ1n) is 6.80. The number of para-hydroxylation sites is 1. The zero-order valence-electron chi connectivity index (χ0n) is 12.6. The molecule has 0 unspecified atom stereocenters. The van der Waals surface area contributed by atoms with Crippen LogP contribution in [-0.4, -0.2) is 37.0 Å². The summed E-state index contributed by atoms with van der Waals surface area (Å²) in [4.78, 5) is 23.5. The predicted octanol–water partition coefficient (Wildman–Crippen LogP) is 0.873. The lowest BCUT2D eigenvalue weighted by Crippen LogP contribution is -2.29. The third kappa shape index (κ3) is 4.08. The number of aromatic nitrogens is 1. The molecule has 0 atom stereocenters. The van der Waals surface area contributed by atoms with Crippen molar-refractivity contribution in [1.29, 1.82) is 0 Å². The molecule has 23 heavy (non-hydrogen) atoms. The Kier molecular flexibility index (Phi) is 5.35. The number of likely N-dealkylation sites (N-methyl/N-ethyl adjacent to an activating group) is 1. The highest BCUT2D eigenvalue weighted by atomic mass is 32.2. The van der Waals surface area contributed by atoms with Crippen LogP contribution in [0.15, 0.2) is 30.5 Å². The van der Waals surface area contributed by atoms with Gasteiger partial charge in [-0.1, -0.05) is 19.1 Å². The van der Waals surface area contributed by atoms with Crippen LogP contribution in [0.3, 0.4) is 0 Å². The summed E-state index contributed by atoms with van der Waals surface area (Å²) in [7, 11) is -1.96. The molecule has 0 saturated carbocycles. The Morgan fingerprint density at radius 2 is 1.96 bits per heavy atom. The second-order valence-corrected chi connectivity index (χ2v) is 5.27. The van der Waals surface area contributed by atoms with Crippen molar-refractivity contribution in [1.82, 2.24) is 9.63 Å². The number of esters is 1. The molecule has 8 nitrogen and oxygen atoms in total. The molecule has 0 aliphatic carbocycles. The summed E-state index contributed by atoms with van der Waals surface area (Å²) >= 11 is 0. The van der Waals surface area contributed by atoms with Gasteiger partial charge in [-0.3, -0.25) is 9.59 Å². The second kappa shape index (κ2) is 7.25. The first kappa shape index (κ1) is 17.0. The van der Waals surface area contributed by atoms with Gasteiger partial charge in [0, 0.05) is 25.1 Å². The molecule has 0 aliphatic heterocycles. The summed E-state index contributed by atoms with van der Waals surface area (Å²) in [5.41, 5.74) is 0.680. The zero-order chi connectivity index (χ0) is 17.0. The van der Waals surface area contributed by atoms with Crippen molar-refractivity contribution in [2.24, 2.45) is 0 Å². The fourth-order valence-electron chi connectivity index (χ4n) is 2.01. The number of carbonyl (C=O) groups excluding carboxylic acids is 2. The number of nitrogens with zero attached hydrogens (tertiary/aromatic N) is 2. The number of fused-ring (bicyclic) bond motifs is 1. The molecule has 0 spiro atoms. The maximum atomic E-state index is 12.0. The minimum absolute atomic E-state index is 0.163. The first-order valence-corrected chi connectivity index (χ1v) is 7.89. The van der Waals surface area contributed by atoms with Gasteiger partial charge in [-0.05, 0) is 12.1 Å². The quantitative estimate of drug-likeness (QED) is 0.476. The van der Waals surface area contributed by atoms with Crippen molar-refractivity contribution in [2.45, 2.75) is 19.9 Å². The lowest BCUT2D eigenvalue weighted by molar-refractivity contribution is -0.151. The number of benzene rings is 1. The largest absolute Gasteiger partial charge is 0.424 e. The highest BCUT2D eigenvalue weighted by Crippen LogP contribution is 2.28. The maximum Gasteiger partial charge on any atom is 0.310 e. The lowest BCUT2D eigenvalue weighted by Gasteiger charge is -2.12. The van der Waals surface area contributed by atoms with E-state index in [9.17, 15) is 18.0 Å². The molecule has 0 fully saturated rings. The zero-order valence-corrected chi connectivity index (χ0v) is 13.5. The van der Waals surface area contributed by atoms with E-state index in [0.29, 0.717) is 21.7 Å². The topological polar surface area (TPSA) is 94.9 Å². The summed E-state index contributed by atoms with van der Waals surface area (Å²) in [6, 6.07) is 7.10. The number of hydroxylamine groups is 2. The van der Waals surface area contributed by atoms with Gasteiger partial charge in [-0.2, -0.15) is 0 Å². The molecule has 0 aliphatic rings. The first-order chi connectivity index (χ1) is 10.9. The van der Waals surface area contributed by atoms with E-state index in [1.165, 1.54) is 13.2 Å². The molecule has 0 N–H and O–H groups in total. The molecule has 0 radical (unpaired) electrons. The number of hydrogen-bond donors (Lipinski definition) is 1. The van der Waals surface area contributed by atoms with E-state index in [4.69, 9.17) is 4.74 Å². The van der Waals surface area contributed by atoms with E-state index < -0.39 is 16.9 Å². The molecule has 1 aromatic heterocycles. The minimum Gasteiger partial charge on any atom is -0.424 e. The Morgan fingerprint density at radius 1 is 1.26 bits per heavy atom. The van der Waals surface area contributed by atoms with E-state index in [1.807, 2.05) is 0 Å². The van der Waals surface area contributed by atoms with Crippen molar-refractivity contribution < 1.29 is 27.0 Å². The van der Waals surface area contributed by atoms with Gasteiger partial charge in [0.2, 0.25) is 0 Å². The molecule has 1 aromatic carbocycles. The molecule has 1 amide bonds. The van der Waals surface area contributed by atoms with Crippen LogP contribution in [0.4, 0.5) is 0 Å². The average molecular weight is 340 g/mol. The fraction of sp³-hybridized carbons (Fsp3) is 0.286. The highest BCUT2D eigenvalue weighted by Gasteiger charge is 2.16. The van der Waals surface area contributed by atoms with Crippen LogP contribution in [0.1, 0.15) is 13.3 Å². The van der Waals surface area contributed by atoms with E-state index in [2.05, 4.69) is 4.28 Å². The Balaban J connectivity index is 2.30. The number of ether oxygens (including phenoxy) is 1. The normalized spacial score (nSPS) is 10.9. The molecule has 124 valence electrons. The van der Waals surface area contributed by atoms with Crippen molar-refractivity contribution in [3.63, 3.8) is 0 Å². The average Bonchev–Trinajstić information content (AvgIpc) is 2.84. The Bertz CT molecular complexity index is 803. The molecular weight excluding hydrogens is 324 g/mol. The minimum atomic E-state index is -3.16. The van der Waals surface area contributed by atoms with Gasteiger partial charge in [-0.25, -0.2) is 13.5 Å². The molecule has 0 bridgehead atoms. The van der Waals surface area contributed by atoms with Crippen LogP contribution in [-0.2, 0) is 31.4 Å². The Labute approximate surface area is 134 Å². The van der Waals surface area contributed by atoms with Gasteiger partial charge < -0.3 is 9.30 Å². The van der Waals surface area contributed by atoms with E-state index in [0.717, 1.165) is 0 Å². The van der Waals surface area contributed by atoms with Crippen LogP contribution < -0.4 is 4.74 Å². The van der Waals surface area contributed by atoms with Gasteiger partial charge in [0.15, 0.2) is 5.75 Å². The third-order valence-electron chi connectivity index (χ3n) is 3.11. The van der Waals surface area contributed by atoms with Crippen molar-refractivity contribution in [3.8, 4) is 5.75 Å². The Morgan fingerprint density at radius 3 is 2.61 bits per heavy atom. The molecule has 9 heteroatoms. The van der Waals surface area contributed by atoms with Crippen LogP contribution in [0.5, 0.6) is 5.75 Å². The third-order valence-corrected chi connectivity index (χ3v) is 3.49. The number of hydrogen-bond acceptors (Lipinski definition) is 6. The van der Waals surface area contributed by atoms with Crippen LogP contribution in [0, 0.1) is 0 Å². The number of thiol groups is 1.